The van der Waals surface area contributed by atoms with Gasteiger partial charge in [-0.3, -0.25) is 4.84 Å². The molecule has 0 spiro atoms. The van der Waals surface area contributed by atoms with Crippen LogP contribution >= 0.6 is 0 Å². The predicted molar refractivity (Wildman–Crippen MR) is 71.8 cm³/mol. The summed E-state index contributed by atoms with van der Waals surface area (Å²) in [5.41, 5.74) is 0.183. The third-order valence-electron chi connectivity index (χ3n) is 1.60. The van der Waals surface area contributed by atoms with E-state index in [-0.39, 0.29) is 5.71 Å². The first-order valence-electron chi connectivity index (χ1n) is 5.87. The number of carbonyl (C=O) groups excluding carboxylic acids is 1. The average molecular weight is 317 g/mol. The van der Waals surface area contributed by atoms with Crippen LogP contribution in [-0.2, 0) is 14.4 Å². The Morgan fingerprint density at radius 3 is 1.95 bits per heavy atom. The maximum atomic E-state index is 11.2. The van der Waals surface area contributed by atoms with Crippen molar-refractivity contribution in [2.75, 3.05) is 34.8 Å². The molecule has 0 rings (SSSR count). The summed E-state index contributed by atoms with van der Waals surface area (Å²) in [4.78, 5) is 18.1. The van der Waals surface area contributed by atoms with E-state index in [0.717, 1.165) is 0 Å². The number of carbonyl (C=O) groups is 1. The van der Waals surface area contributed by atoms with Gasteiger partial charge < -0.3 is 22.0 Å². The van der Waals surface area contributed by atoms with Crippen molar-refractivity contribution in [1.82, 2.24) is 4.90 Å². The Morgan fingerprint density at radius 1 is 1.24 bits per heavy atom. The van der Waals surface area contributed by atoms with Gasteiger partial charge in [-0.15, -0.1) is 0 Å². The van der Waals surface area contributed by atoms with E-state index in [0.29, 0.717) is 12.6 Å². The van der Waals surface area contributed by atoms with Gasteiger partial charge in [-0.2, -0.15) is 0 Å². The predicted octanol–water partition coefficient (Wildman–Crippen LogP) is 1.43. The molecular weight excluding hydrogens is 297 g/mol. The standard InChI is InChI=1S/C10H20N3O3.BF4/c1-7-15-9(14)8(2)11-16-10(12(3)4)13(5)6;2-1(3,4)5/h7H2,1-6H3;/q+1;-1. The Hall–Kier alpha value is -1.81. The average Bonchev–Trinajstić information content (AvgIpc) is 2.25. The number of oxime groups is 1. The third kappa shape index (κ3) is 14.4. The van der Waals surface area contributed by atoms with E-state index in [9.17, 15) is 22.1 Å². The van der Waals surface area contributed by atoms with Crippen molar-refractivity contribution < 1.29 is 36.2 Å². The summed E-state index contributed by atoms with van der Waals surface area (Å²) in [6, 6.07) is 0.531. The van der Waals surface area contributed by atoms with Crippen LogP contribution in [0.15, 0.2) is 5.16 Å². The van der Waals surface area contributed by atoms with Crippen molar-refractivity contribution in [3.8, 4) is 0 Å². The van der Waals surface area contributed by atoms with Gasteiger partial charge in [-0.05, 0) is 13.8 Å². The molecule has 0 unspecified atom stereocenters. The number of hydrogen-bond acceptors (Lipinski definition) is 4. The van der Waals surface area contributed by atoms with Crippen molar-refractivity contribution in [3.63, 3.8) is 0 Å². The number of nitrogens with zero attached hydrogens (tertiary/aromatic N) is 3. The summed E-state index contributed by atoms with van der Waals surface area (Å²) >= 11 is 0. The van der Waals surface area contributed by atoms with Crippen LogP contribution < -0.4 is 0 Å². The highest BCUT2D eigenvalue weighted by Gasteiger charge is 2.20. The second-order valence-electron chi connectivity index (χ2n) is 4.05. The smallest absolute Gasteiger partial charge is 0.461 e. The molecule has 0 aliphatic rings. The van der Waals surface area contributed by atoms with Crippen LogP contribution in [0.1, 0.15) is 13.8 Å². The van der Waals surface area contributed by atoms with Gasteiger partial charge in [-0.1, -0.05) is 5.16 Å². The summed E-state index contributed by atoms with van der Waals surface area (Å²) in [5.74, 6) is -0.473. The van der Waals surface area contributed by atoms with Gasteiger partial charge in [-0.25, -0.2) is 14.3 Å². The van der Waals surface area contributed by atoms with E-state index in [2.05, 4.69) is 5.16 Å². The molecule has 0 N–H and O–H groups in total. The van der Waals surface area contributed by atoms with Crippen LogP contribution in [0.3, 0.4) is 0 Å². The first-order valence-corrected chi connectivity index (χ1v) is 5.87. The monoisotopic (exact) mass is 317 g/mol. The molecule has 0 aromatic heterocycles. The molecule has 0 fully saturated rings. The molecule has 0 aromatic carbocycles. The van der Waals surface area contributed by atoms with Gasteiger partial charge in [0.1, 0.15) is 0 Å². The summed E-state index contributed by atoms with van der Waals surface area (Å²) in [7, 11) is 1.30. The molecule has 0 heterocycles. The molecule has 11 heteroatoms. The lowest BCUT2D eigenvalue weighted by Crippen LogP contribution is -2.31. The molecule has 0 amide bonds. The molecular formula is C10H20BF4N3O3. The fraction of sp³-hybridized carbons (Fsp3) is 0.700. The largest absolute Gasteiger partial charge is 0.673 e. The number of halogens is 4. The molecule has 6 nitrogen and oxygen atoms in total. The van der Waals surface area contributed by atoms with E-state index in [1.54, 1.807) is 23.3 Å². The highest BCUT2D eigenvalue weighted by Crippen LogP contribution is 2.06. The maximum absolute atomic E-state index is 11.2. The third-order valence-corrected chi connectivity index (χ3v) is 1.60. The molecule has 0 saturated heterocycles. The first kappa shape index (κ1) is 21.5. The molecule has 0 saturated carbocycles. The molecule has 0 aromatic rings. The van der Waals surface area contributed by atoms with E-state index in [1.807, 2.05) is 28.2 Å². The Bertz CT molecular complexity index is 387. The van der Waals surface area contributed by atoms with E-state index < -0.39 is 13.2 Å². The van der Waals surface area contributed by atoms with Gasteiger partial charge in [0, 0.05) is 0 Å². The number of esters is 1. The Balaban J connectivity index is 0. The highest BCUT2D eigenvalue weighted by atomic mass is 19.5. The lowest BCUT2D eigenvalue weighted by Gasteiger charge is -2.07. The van der Waals surface area contributed by atoms with E-state index in [1.165, 1.54) is 0 Å². The second-order valence-corrected chi connectivity index (χ2v) is 4.05. The van der Waals surface area contributed by atoms with Gasteiger partial charge >= 0.3 is 19.2 Å². The van der Waals surface area contributed by atoms with E-state index >= 15 is 0 Å². The second kappa shape index (κ2) is 10.00. The quantitative estimate of drug-likeness (QED) is 0.150. The normalized spacial score (nSPS) is 11.0. The van der Waals surface area contributed by atoms with Crippen molar-refractivity contribution in [3.05, 3.63) is 0 Å². The fourth-order valence-corrected chi connectivity index (χ4v) is 0.945. The molecule has 0 atom stereocenters. The molecule has 0 aliphatic carbocycles. The summed E-state index contributed by atoms with van der Waals surface area (Å²) < 4.78 is 45.5. The summed E-state index contributed by atoms with van der Waals surface area (Å²) in [6.45, 7) is 3.60. The fourth-order valence-electron chi connectivity index (χ4n) is 0.945. The van der Waals surface area contributed by atoms with Gasteiger partial charge in [0.05, 0.1) is 34.8 Å². The zero-order valence-electron chi connectivity index (χ0n) is 12.9. The van der Waals surface area contributed by atoms with Gasteiger partial charge in [0.2, 0.25) is 0 Å². The first-order chi connectivity index (χ1) is 9.40. The van der Waals surface area contributed by atoms with Crippen molar-refractivity contribution in [1.29, 1.82) is 0 Å². The Labute approximate surface area is 121 Å². The number of rotatable bonds is 3. The van der Waals surface area contributed by atoms with E-state index in [4.69, 9.17) is 9.57 Å². The molecule has 0 aliphatic heterocycles. The van der Waals surface area contributed by atoms with Crippen molar-refractivity contribution in [2.24, 2.45) is 5.16 Å². The minimum atomic E-state index is -6.00. The maximum Gasteiger partial charge on any atom is 0.673 e. The minimum Gasteiger partial charge on any atom is -0.461 e. The topological polar surface area (TPSA) is 54.1 Å². The van der Waals surface area contributed by atoms with Crippen LogP contribution in [0.2, 0.25) is 0 Å². The molecule has 124 valence electrons. The SMILES string of the molecule is CCOC(=O)C(C)=NOC(N(C)C)=[N+](C)C.F[B-](F)(F)F. The lowest BCUT2D eigenvalue weighted by molar-refractivity contribution is -0.480. The van der Waals surface area contributed by atoms with Crippen molar-refractivity contribution >= 4 is 25.0 Å². The zero-order chi connectivity index (χ0) is 17.2. The lowest BCUT2D eigenvalue weighted by atomic mass is 10.3. The van der Waals surface area contributed by atoms with Crippen LogP contribution in [0.4, 0.5) is 17.3 Å². The van der Waals surface area contributed by atoms with Gasteiger partial charge in [0.25, 0.3) is 0 Å². The van der Waals surface area contributed by atoms with Crippen LogP contribution in [-0.4, -0.2) is 69.2 Å². The molecule has 0 bridgehead atoms. The summed E-state index contributed by atoms with van der Waals surface area (Å²) in [5, 5.41) is 3.71. The van der Waals surface area contributed by atoms with Crippen molar-refractivity contribution in [2.45, 2.75) is 13.8 Å². The molecule has 0 radical (unpaired) electrons. The minimum absolute atomic E-state index is 0.183. The van der Waals surface area contributed by atoms with Crippen LogP contribution in [0.5, 0.6) is 0 Å². The number of amidine groups is 1. The number of hydrogen-bond donors (Lipinski definition) is 0. The molecule has 21 heavy (non-hydrogen) atoms. The highest BCUT2D eigenvalue weighted by molar-refractivity contribution is 6.50. The zero-order valence-corrected chi connectivity index (χ0v) is 12.9. The summed E-state index contributed by atoms with van der Waals surface area (Å²) in [6.07, 6.45) is 0. The van der Waals surface area contributed by atoms with Crippen LogP contribution in [0, 0.1) is 0 Å². The number of ether oxygens (including phenoxy) is 1. The Morgan fingerprint density at radius 2 is 1.67 bits per heavy atom. The Kier molecular flexibility index (Phi) is 10.2. The van der Waals surface area contributed by atoms with Crippen LogP contribution in [0.25, 0.3) is 0 Å². The van der Waals surface area contributed by atoms with Gasteiger partial charge in [0.15, 0.2) is 5.71 Å².